The van der Waals surface area contributed by atoms with Gasteiger partial charge in [-0.05, 0) is 36.0 Å². The Hall–Kier alpha value is -3.35. The molecule has 1 heterocycles. The molecule has 2 fully saturated rings. The second-order valence-electron chi connectivity index (χ2n) is 9.92. The lowest BCUT2D eigenvalue weighted by Gasteiger charge is -2.49. The van der Waals surface area contributed by atoms with Crippen LogP contribution < -0.4 is 14.8 Å². The first-order chi connectivity index (χ1) is 16.1. The van der Waals surface area contributed by atoms with Crippen LogP contribution in [0.15, 0.2) is 48.5 Å². The Bertz CT molecular complexity index is 1110. The lowest BCUT2D eigenvalue weighted by molar-refractivity contribution is -0.172. The van der Waals surface area contributed by atoms with Crippen molar-refractivity contribution in [1.82, 2.24) is 4.90 Å². The van der Waals surface area contributed by atoms with Crippen LogP contribution >= 0.6 is 0 Å². The summed E-state index contributed by atoms with van der Waals surface area (Å²) in [7, 11) is 3.05. The Balaban J connectivity index is 1.71. The van der Waals surface area contributed by atoms with Crippen molar-refractivity contribution in [1.29, 1.82) is 0 Å². The van der Waals surface area contributed by atoms with Crippen molar-refractivity contribution in [2.24, 2.45) is 16.7 Å². The van der Waals surface area contributed by atoms with Gasteiger partial charge in [0, 0.05) is 18.4 Å². The number of amides is 3. The maximum Gasteiger partial charge on any atom is 0.248 e. The molecule has 0 spiro atoms. The number of rotatable bonds is 7. The Morgan fingerprint density at radius 1 is 1.09 bits per heavy atom. The van der Waals surface area contributed by atoms with Gasteiger partial charge >= 0.3 is 0 Å². The molecule has 7 nitrogen and oxygen atoms in total. The largest absolute Gasteiger partial charge is 0.497 e. The molecule has 1 aliphatic heterocycles. The van der Waals surface area contributed by atoms with Gasteiger partial charge in [-0.3, -0.25) is 19.3 Å². The minimum atomic E-state index is -0.981. The molecule has 3 atom stereocenters. The van der Waals surface area contributed by atoms with Gasteiger partial charge in [0.2, 0.25) is 17.7 Å². The molecule has 0 aromatic heterocycles. The maximum atomic E-state index is 13.8. The first-order valence-corrected chi connectivity index (χ1v) is 11.6. The number of hydrogen-bond donors (Lipinski definition) is 1. The highest BCUT2D eigenvalue weighted by atomic mass is 16.5. The maximum absolute atomic E-state index is 13.8. The number of nitrogens with one attached hydrogen (secondary N) is 1. The van der Waals surface area contributed by atoms with E-state index in [9.17, 15) is 14.4 Å². The smallest absolute Gasteiger partial charge is 0.248 e. The van der Waals surface area contributed by atoms with Gasteiger partial charge in [-0.25, -0.2) is 0 Å². The van der Waals surface area contributed by atoms with E-state index in [4.69, 9.17) is 9.47 Å². The van der Waals surface area contributed by atoms with Gasteiger partial charge in [-0.2, -0.15) is 0 Å². The number of carbonyl (C=O) groups excluding carboxylic acids is 3. The highest BCUT2D eigenvalue weighted by Gasteiger charge is 2.65. The number of ether oxygens (including phenoxy) is 2. The van der Waals surface area contributed by atoms with Crippen molar-refractivity contribution in [3.8, 4) is 11.5 Å². The number of piperidine rings is 1. The van der Waals surface area contributed by atoms with E-state index in [-0.39, 0.29) is 24.2 Å². The molecular weight excluding hydrogens is 432 g/mol. The zero-order chi connectivity index (χ0) is 24.7. The second kappa shape index (κ2) is 8.78. The first-order valence-electron chi connectivity index (χ1n) is 11.6. The van der Waals surface area contributed by atoms with Gasteiger partial charge in [0.1, 0.15) is 17.5 Å². The van der Waals surface area contributed by atoms with Gasteiger partial charge in [0.05, 0.1) is 25.3 Å². The summed E-state index contributed by atoms with van der Waals surface area (Å²) in [6.07, 6.45) is 1.51. The van der Waals surface area contributed by atoms with Crippen molar-refractivity contribution in [2.75, 3.05) is 19.5 Å². The zero-order valence-electron chi connectivity index (χ0n) is 20.4. The van der Waals surface area contributed by atoms with Crippen molar-refractivity contribution < 1.29 is 23.9 Å². The third-order valence-electron chi connectivity index (χ3n) is 8.01. The lowest BCUT2D eigenvalue weighted by Crippen LogP contribution is -2.64. The van der Waals surface area contributed by atoms with Crippen LogP contribution in [0.3, 0.4) is 0 Å². The minimum Gasteiger partial charge on any atom is -0.497 e. The Morgan fingerprint density at radius 3 is 2.44 bits per heavy atom. The van der Waals surface area contributed by atoms with Gasteiger partial charge in [0.15, 0.2) is 0 Å². The molecule has 4 rings (SSSR count). The second-order valence-corrected chi connectivity index (χ2v) is 9.92. The molecule has 34 heavy (non-hydrogen) atoms. The summed E-state index contributed by atoms with van der Waals surface area (Å²) in [6.45, 7) is 5.91. The number of imide groups is 1. The number of likely N-dealkylation sites (tertiary alicyclic amines) is 1. The molecule has 3 unspecified atom stereocenters. The topological polar surface area (TPSA) is 84.9 Å². The molecule has 1 saturated heterocycles. The molecule has 2 bridgehead atoms. The third kappa shape index (κ3) is 3.73. The average molecular weight is 465 g/mol. The van der Waals surface area contributed by atoms with E-state index < -0.39 is 22.8 Å². The first kappa shape index (κ1) is 23.8. The fourth-order valence-electron chi connectivity index (χ4n) is 5.40. The Kier molecular flexibility index (Phi) is 6.14. The molecule has 3 amide bonds. The van der Waals surface area contributed by atoms with E-state index in [0.29, 0.717) is 30.0 Å². The van der Waals surface area contributed by atoms with E-state index in [2.05, 4.69) is 5.32 Å². The highest BCUT2D eigenvalue weighted by molar-refractivity contribution is 6.09. The van der Waals surface area contributed by atoms with Gasteiger partial charge < -0.3 is 14.8 Å². The van der Waals surface area contributed by atoms with Crippen LogP contribution in [-0.4, -0.2) is 42.9 Å². The van der Waals surface area contributed by atoms with Gasteiger partial charge in [-0.15, -0.1) is 0 Å². The molecule has 7 heteroatoms. The predicted molar refractivity (Wildman–Crippen MR) is 129 cm³/mol. The third-order valence-corrected chi connectivity index (χ3v) is 8.01. The summed E-state index contributed by atoms with van der Waals surface area (Å²) >= 11 is 0. The van der Waals surface area contributed by atoms with Crippen LogP contribution in [0, 0.1) is 16.7 Å². The van der Waals surface area contributed by atoms with E-state index in [1.165, 1.54) is 12.0 Å². The molecule has 0 radical (unpaired) electrons. The van der Waals surface area contributed by atoms with Crippen LogP contribution in [-0.2, 0) is 20.8 Å². The van der Waals surface area contributed by atoms with Crippen LogP contribution in [0.1, 0.15) is 39.2 Å². The number of nitrogens with zero attached hydrogens (tertiary/aromatic N) is 1. The summed E-state index contributed by atoms with van der Waals surface area (Å²) in [5, 5.41) is 2.89. The fourth-order valence-corrected chi connectivity index (χ4v) is 5.40. The predicted octanol–water partition coefficient (Wildman–Crippen LogP) is 4.06. The molecule has 2 aliphatic rings. The van der Waals surface area contributed by atoms with E-state index in [1.54, 1.807) is 25.3 Å². The van der Waals surface area contributed by atoms with E-state index in [0.717, 1.165) is 5.56 Å². The van der Waals surface area contributed by atoms with Crippen LogP contribution in [0.5, 0.6) is 11.5 Å². The monoisotopic (exact) mass is 464 g/mol. The number of hydrogen-bond acceptors (Lipinski definition) is 5. The molecule has 2 aromatic rings. The normalized spacial score (nSPS) is 24.0. The summed E-state index contributed by atoms with van der Waals surface area (Å²) < 4.78 is 10.7. The molecule has 1 N–H and O–H groups in total. The number of carbonyl (C=O) groups is 3. The average Bonchev–Trinajstić information content (AvgIpc) is 3.02. The molecule has 180 valence electrons. The molecule has 1 aliphatic carbocycles. The lowest BCUT2D eigenvalue weighted by atomic mass is 9.62. The molecule has 2 aromatic carbocycles. The SMILES string of the molecule is COc1ccc(NC(=O)C(Cc2ccccc2)N2C(=O)C3CCC(C)(C2=O)C3(C)C)c(OC)c1. The summed E-state index contributed by atoms with van der Waals surface area (Å²) in [5.41, 5.74) is 0.161. The van der Waals surface area contributed by atoms with Crippen molar-refractivity contribution in [3.63, 3.8) is 0 Å². The Labute approximate surface area is 200 Å². The highest BCUT2D eigenvalue weighted by Crippen LogP contribution is 2.60. The van der Waals surface area contributed by atoms with Crippen molar-refractivity contribution in [2.45, 2.75) is 46.1 Å². The fraction of sp³-hybridized carbons (Fsp3) is 0.444. The summed E-state index contributed by atoms with van der Waals surface area (Å²) in [6, 6.07) is 13.5. The summed E-state index contributed by atoms with van der Waals surface area (Å²) in [4.78, 5) is 42.4. The minimum absolute atomic E-state index is 0.228. The number of fused-ring (bicyclic) bond motifs is 2. The van der Waals surface area contributed by atoms with Crippen LogP contribution in [0.4, 0.5) is 5.69 Å². The van der Waals surface area contributed by atoms with Gasteiger partial charge in [-0.1, -0.05) is 51.1 Å². The number of benzene rings is 2. The molecular formula is C27H32N2O5. The van der Waals surface area contributed by atoms with Crippen LogP contribution in [0.2, 0.25) is 0 Å². The van der Waals surface area contributed by atoms with Crippen molar-refractivity contribution in [3.05, 3.63) is 54.1 Å². The quantitative estimate of drug-likeness (QED) is 0.625. The Morgan fingerprint density at radius 2 is 1.79 bits per heavy atom. The zero-order valence-corrected chi connectivity index (χ0v) is 20.4. The number of methoxy groups -OCH3 is 2. The summed E-state index contributed by atoms with van der Waals surface area (Å²) in [5.74, 6) is -0.246. The van der Waals surface area contributed by atoms with Gasteiger partial charge in [0.25, 0.3) is 0 Å². The molecule has 1 saturated carbocycles. The van der Waals surface area contributed by atoms with Crippen molar-refractivity contribution >= 4 is 23.4 Å². The number of anilines is 1. The van der Waals surface area contributed by atoms with E-state index in [1.807, 2.05) is 51.1 Å². The van der Waals surface area contributed by atoms with E-state index >= 15 is 0 Å². The van der Waals surface area contributed by atoms with Crippen LogP contribution in [0.25, 0.3) is 0 Å². The standard InChI is InChI=1S/C27H32N2O5/c1-26(2)19-13-14-27(26,3)25(32)29(24(19)31)21(15-17-9-7-6-8-10-17)23(30)28-20-12-11-18(33-4)16-22(20)34-5/h6-12,16,19,21H,13-15H2,1-5H3,(H,28,30).